The van der Waals surface area contributed by atoms with E-state index in [0.717, 1.165) is 14.8 Å². The van der Waals surface area contributed by atoms with Crippen LogP contribution in [0.1, 0.15) is 31.4 Å². The van der Waals surface area contributed by atoms with Crippen molar-refractivity contribution in [2.45, 2.75) is 49.3 Å². The molecule has 0 aromatic heterocycles. The van der Waals surface area contributed by atoms with Crippen molar-refractivity contribution in [1.82, 2.24) is 9.21 Å². The van der Waals surface area contributed by atoms with E-state index in [0.29, 0.717) is 10.7 Å². The van der Waals surface area contributed by atoms with E-state index in [9.17, 15) is 18.0 Å². The summed E-state index contributed by atoms with van der Waals surface area (Å²) in [6.45, 7) is 13.9. The lowest BCUT2D eigenvalue weighted by molar-refractivity contribution is 0.0655. The number of nitrogens with zero attached hydrogens (tertiary/aromatic N) is 2. The first-order valence-corrected chi connectivity index (χ1v) is 19.5. The highest BCUT2D eigenvalue weighted by Gasteiger charge is 2.40. The molecule has 0 unspecified atom stereocenters. The fraction of sp³-hybridized carbons (Fsp3) is 0.417. The zero-order valence-corrected chi connectivity index (χ0v) is 23.9. The fourth-order valence-electron chi connectivity index (χ4n) is 4.64. The van der Waals surface area contributed by atoms with Gasteiger partial charge in [0.2, 0.25) is 10.0 Å². The maximum absolute atomic E-state index is 13.5. The Balaban J connectivity index is 2.50. The maximum atomic E-state index is 13.5. The molecule has 0 saturated heterocycles. The van der Waals surface area contributed by atoms with E-state index in [4.69, 9.17) is 0 Å². The summed E-state index contributed by atoms with van der Waals surface area (Å²) in [6.07, 6.45) is 0. The van der Waals surface area contributed by atoms with E-state index in [-0.39, 0.29) is 16.4 Å². The van der Waals surface area contributed by atoms with Crippen LogP contribution in [-0.2, 0) is 10.0 Å². The molecule has 0 aliphatic carbocycles. The second kappa shape index (κ2) is 9.65. The third-order valence-corrected chi connectivity index (χ3v) is 16.8. The summed E-state index contributed by atoms with van der Waals surface area (Å²) < 4.78 is 26.1. The van der Waals surface area contributed by atoms with Crippen LogP contribution in [0.15, 0.2) is 53.4 Å². The van der Waals surface area contributed by atoms with Crippen LogP contribution in [-0.4, -0.2) is 66.7 Å². The van der Waals surface area contributed by atoms with Gasteiger partial charge in [0.1, 0.15) is 0 Å². The Morgan fingerprint density at radius 3 is 1.85 bits per heavy atom. The summed E-state index contributed by atoms with van der Waals surface area (Å²) in [4.78, 5) is 27.8. The first kappa shape index (κ1) is 27.2. The van der Waals surface area contributed by atoms with Crippen molar-refractivity contribution in [3.05, 3.63) is 65.2 Å². The third kappa shape index (κ3) is 5.89. The molecule has 0 atom stereocenters. The van der Waals surface area contributed by atoms with Gasteiger partial charge in [-0.2, -0.15) is 0 Å². The first-order chi connectivity index (χ1) is 15.0. The predicted molar refractivity (Wildman–Crippen MR) is 140 cm³/mol. The zero-order chi connectivity index (χ0) is 25.4. The van der Waals surface area contributed by atoms with Gasteiger partial charge in [-0.3, -0.25) is 14.5 Å². The fourth-order valence-corrected chi connectivity index (χ4v) is 18.4. The molecule has 0 heterocycles. The van der Waals surface area contributed by atoms with Gasteiger partial charge in [0.25, 0.3) is 11.8 Å². The van der Waals surface area contributed by atoms with Gasteiger partial charge < -0.3 is 0 Å². The molecule has 0 fully saturated rings. The van der Waals surface area contributed by atoms with Crippen molar-refractivity contribution in [2.75, 3.05) is 21.1 Å². The number of sulfonamides is 1. The van der Waals surface area contributed by atoms with Crippen LogP contribution < -0.4 is 0 Å². The lowest BCUT2D eigenvalue weighted by Gasteiger charge is -2.40. The average Bonchev–Trinajstić information content (AvgIpc) is 2.70. The highest BCUT2D eigenvalue weighted by atomic mass is 32.2. The number of hydrogen-bond donors (Lipinski definition) is 0. The van der Waals surface area contributed by atoms with Gasteiger partial charge in [-0.25, -0.2) is 12.7 Å². The van der Waals surface area contributed by atoms with Crippen LogP contribution >= 0.6 is 0 Å². The maximum Gasteiger partial charge on any atom is 0.260 e. The van der Waals surface area contributed by atoms with Crippen molar-refractivity contribution < 1.29 is 18.0 Å². The smallest absolute Gasteiger partial charge is 0.260 e. The van der Waals surface area contributed by atoms with E-state index in [1.807, 2.05) is 18.2 Å². The second-order valence-corrected chi connectivity index (χ2v) is 24.1. The summed E-state index contributed by atoms with van der Waals surface area (Å²) >= 11 is 0. The molecule has 6 nitrogen and oxygen atoms in total. The monoisotopic (exact) mass is 504 g/mol. The number of carbonyl (C=O) groups is 2. The van der Waals surface area contributed by atoms with Crippen LogP contribution in [0.4, 0.5) is 0 Å². The quantitative estimate of drug-likeness (QED) is 0.405. The number of amides is 2. The number of benzene rings is 2. The minimum absolute atomic E-state index is 0.0112. The minimum Gasteiger partial charge on any atom is -0.278 e. The normalized spacial score (nSPS) is 12.8. The lowest BCUT2D eigenvalue weighted by Crippen LogP contribution is -2.47. The molecule has 0 radical (unpaired) electrons. The van der Waals surface area contributed by atoms with Crippen molar-refractivity contribution in [2.24, 2.45) is 0 Å². The van der Waals surface area contributed by atoms with Gasteiger partial charge in [-0.15, -0.1) is 0 Å². The summed E-state index contributed by atoms with van der Waals surface area (Å²) in [5, 5.41) is 0.335. The number of rotatable bonds is 7. The van der Waals surface area contributed by atoms with Crippen molar-refractivity contribution in [3.63, 3.8) is 0 Å². The van der Waals surface area contributed by atoms with Crippen LogP contribution in [0.5, 0.6) is 0 Å². The molecule has 2 rings (SSSR count). The summed E-state index contributed by atoms with van der Waals surface area (Å²) in [5.41, 5.74) is 1.71. The molecule has 9 heteroatoms. The average molecular weight is 505 g/mol. The van der Waals surface area contributed by atoms with Gasteiger partial charge in [-0.1, -0.05) is 63.5 Å². The summed E-state index contributed by atoms with van der Waals surface area (Å²) in [7, 11) is -2.72. The third-order valence-electron chi connectivity index (χ3n) is 5.70. The minimum atomic E-state index is -3.69. The highest BCUT2D eigenvalue weighted by Crippen LogP contribution is 2.37. The van der Waals surface area contributed by atoms with Crippen LogP contribution in [0.2, 0.25) is 39.3 Å². The second-order valence-electron chi connectivity index (χ2n) is 10.7. The van der Waals surface area contributed by atoms with E-state index in [1.54, 1.807) is 6.07 Å². The molecule has 0 N–H and O–H groups in total. The van der Waals surface area contributed by atoms with E-state index in [1.165, 1.54) is 45.4 Å². The van der Waals surface area contributed by atoms with Crippen molar-refractivity contribution >= 4 is 38.0 Å². The number of carbonyl (C=O) groups excluding carboxylic acids is 2. The molecule has 0 bridgehead atoms. The Hall–Kier alpha value is -2.08. The summed E-state index contributed by atoms with van der Waals surface area (Å²) in [5.74, 6) is -0.916. The topological polar surface area (TPSA) is 74.8 Å². The Morgan fingerprint density at radius 1 is 0.788 bits per heavy atom. The van der Waals surface area contributed by atoms with E-state index in [2.05, 4.69) is 39.3 Å². The first-order valence-electron chi connectivity index (χ1n) is 10.9. The largest absolute Gasteiger partial charge is 0.278 e. The van der Waals surface area contributed by atoms with Crippen LogP contribution in [0.3, 0.4) is 0 Å². The van der Waals surface area contributed by atoms with Crippen LogP contribution in [0.25, 0.3) is 0 Å². The Labute approximate surface area is 200 Å². The number of hydrogen-bond acceptors (Lipinski definition) is 4. The molecule has 33 heavy (non-hydrogen) atoms. The van der Waals surface area contributed by atoms with Crippen molar-refractivity contribution in [1.29, 1.82) is 0 Å². The van der Waals surface area contributed by atoms with Gasteiger partial charge in [-0.05, 0) is 35.0 Å². The van der Waals surface area contributed by atoms with Gasteiger partial charge >= 0.3 is 0 Å². The van der Waals surface area contributed by atoms with Gasteiger partial charge in [0.15, 0.2) is 0 Å². The van der Waals surface area contributed by atoms with Crippen LogP contribution in [0, 0.1) is 0 Å². The molecule has 0 saturated carbocycles. The molecule has 0 aliphatic rings. The summed E-state index contributed by atoms with van der Waals surface area (Å²) in [6, 6.07) is 13.4. The SMILES string of the molecule is CN(C(=O)c1cccc(S(=O)(=O)N(C)C)c1)C(=O)c1ccccc1C([Si](C)(C)C)[Si](C)(C)C. The molecule has 180 valence electrons. The van der Waals surface area contributed by atoms with E-state index < -0.39 is 32.1 Å². The molecule has 0 aliphatic heterocycles. The molecule has 2 amide bonds. The van der Waals surface area contributed by atoms with Gasteiger partial charge in [0.05, 0.1) is 4.90 Å². The van der Waals surface area contributed by atoms with Gasteiger partial charge in [0, 0.05) is 48.4 Å². The Kier molecular flexibility index (Phi) is 7.95. The van der Waals surface area contributed by atoms with Crippen molar-refractivity contribution in [3.8, 4) is 0 Å². The molecule has 0 spiro atoms. The molecular formula is C24H36N2O4SSi2. The predicted octanol–water partition coefficient (Wildman–Crippen LogP) is 4.69. The number of imide groups is 1. The van der Waals surface area contributed by atoms with E-state index >= 15 is 0 Å². The Morgan fingerprint density at radius 2 is 1.33 bits per heavy atom. The zero-order valence-electron chi connectivity index (χ0n) is 21.1. The molecule has 2 aromatic rings. The lowest BCUT2D eigenvalue weighted by atomic mass is 10.1. The highest BCUT2D eigenvalue weighted by molar-refractivity contribution is 7.89. The molecular weight excluding hydrogens is 469 g/mol. The molecule has 2 aromatic carbocycles. The Bertz CT molecular complexity index is 1140. The standard InChI is InChI=1S/C24H36N2O4SSi2/c1-25(2)31(29,30)19-14-12-13-18(17-19)22(27)26(3)23(28)20-15-10-11-16-21(20)24(32(4,5)6)33(7,8)9/h10-17,24H,1-9H3.